The minimum absolute atomic E-state index is 0.319. The van der Waals surface area contributed by atoms with E-state index < -0.39 is 0 Å². The molecule has 2 aliphatic rings. The lowest BCUT2D eigenvalue weighted by atomic mass is 10.2. The molecule has 0 radical (unpaired) electrons. The second-order valence-corrected chi connectivity index (χ2v) is 7.37. The van der Waals surface area contributed by atoms with Gasteiger partial charge in [0.25, 0.3) is 0 Å². The van der Waals surface area contributed by atoms with E-state index in [9.17, 15) is 4.39 Å². The number of fused-ring (bicyclic) bond motifs is 3. The van der Waals surface area contributed by atoms with Gasteiger partial charge in [0.2, 0.25) is 5.95 Å². The van der Waals surface area contributed by atoms with Gasteiger partial charge in [0.15, 0.2) is 5.82 Å². The average Bonchev–Trinajstić information content (AvgIpc) is 3.04. The monoisotopic (exact) mass is 399 g/mol. The fraction of sp³-hybridized carbons (Fsp3) is 0.316. The summed E-state index contributed by atoms with van der Waals surface area (Å²) in [7, 11) is 0. The molecule has 7 nitrogen and oxygen atoms in total. The summed E-state index contributed by atoms with van der Waals surface area (Å²) in [5.74, 6) is 2.21. The van der Waals surface area contributed by atoms with E-state index in [-0.39, 0.29) is 5.82 Å². The molecule has 0 atom stereocenters. The maximum absolute atomic E-state index is 13.1. The lowest BCUT2D eigenvalue weighted by Gasteiger charge is -2.35. The standard InChI is InChI=1S/C19H19ClFN7/c20-14-1-3-16-13(9-14)10-22-12-18-24-25-19(28(16)18)27-7-5-26(6-8-27)17-4-2-15(21)11-23-17/h1-4,9,11,22H,5-8,10,12H2. The van der Waals surface area contributed by atoms with Gasteiger partial charge in [-0.2, -0.15) is 0 Å². The van der Waals surface area contributed by atoms with E-state index in [0.717, 1.165) is 66.6 Å². The fourth-order valence-corrected chi connectivity index (χ4v) is 3.98. The van der Waals surface area contributed by atoms with Gasteiger partial charge in [0, 0.05) is 37.7 Å². The normalized spacial score (nSPS) is 16.5. The molecule has 0 amide bonds. The maximum Gasteiger partial charge on any atom is 0.232 e. The van der Waals surface area contributed by atoms with Crippen LogP contribution in [0, 0.1) is 5.82 Å². The van der Waals surface area contributed by atoms with E-state index >= 15 is 0 Å². The Bertz CT molecular complexity index is 996. The third kappa shape index (κ3) is 3.08. The van der Waals surface area contributed by atoms with Crippen LogP contribution >= 0.6 is 11.6 Å². The van der Waals surface area contributed by atoms with Gasteiger partial charge in [-0.1, -0.05) is 11.6 Å². The molecular formula is C19H19ClFN7. The van der Waals surface area contributed by atoms with E-state index in [4.69, 9.17) is 11.6 Å². The summed E-state index contributed by atoms with van der Waals surface area (Å²) in [5.41, 5.74) is 2.19. The number of rotatable bonds is 2. The Hall–Kier alpha value is -2.71. The number of hydrogen-bond acceptors (Lipinski definition) is 6. The van der Waals surface area contributed by atoms with Crippen molar-refractivity contribution in [1.29, 1.82) is 0 Å². The molecule has 0 unspecified atom stereocenters. The van der Waals surface area contributed by atoms with Gasteiger partial charge in [-0.05, 0) is 35.9 Å². The number of benzene rings is 1. The van der Waals surface area contributed by atoms with Crippen molar-refractivity contribution in [2.75, 3.05) is 36.0 Å². The van der Waals surface area contributed by atoms with Gasteiger partial charge < -0.3 is 15.1 Å². The number of piperazine rings is 1. The average molecular weight is 400 g/mol. The van der Waals surface area contributed by atoms with Gasteiger partial charge in [-0.25, -0.2) is 9.37 Å². The Kier molecular flexibility index (Phi) is 4.37. The lowest BCUT2D eigenvalue weighted by Crippen LogP contribution is -2.47. The minimum Gasteiger partial charge on any atom is -0.353 e. The molecule has 144 valence electrons. The highest BCUT2D eigenvalue weighted by atomic mass is 35.5. The predicted octanol–water partition coefficient (Wildman–Crippen LogP) is 2.38. The van der Waals surface area contributed by atoms with Crippen molar-refractivity contribution < 1.29 is 4.39 Å². The largest absolute Gasteiger partial charge is 0.353 e. The van der Waals surface area contributed by atoms with Gasteiger partial charge in [0.1, 0.15) is 11.6 Å². The smallest absolute Gasteiger partial charge is 0.232 e. The Morgan fingerprint density at radius 3 is 2.57 bits per heavy atom. The van der Waals surface area contributed by atoms with E-state index in [2.05, 4.69) is 34.9 Å². The number of aromatic nitrogens is 4. The first-order valence-electron chi connectivity index (χ1n) is 9.24. The SMILES string of the molecule is Fc1ccc(N2CCN(c3nnc4n3-c3ccc(Cl)cc3CNC4)CC2)nc1. The third-order valence-corrected chi connectivity index (χ3v) is 5.43. The van der Waals surface area contributed by atoms with Crippen LogP contribution in [0.2, 0.25) is 5.02 Å². The van der Waals surface area contributed by atoms with Crippen molar-refractivity contribution in [3.05, 3.63) is 58.8 Å². The zero-order valence-corrected chi connectivity index (χ0v) is 15.9. The molecular weight excluding hydrogens is 381 g/mol. The summed E-state index contributed by atoms with van der Waals surface area (Å²) >= 11 is 6.19. The summed E-state index contributed by atoms with van der Waals surface area (Å²) in [6.45, 7) is 4.53. The molecule has 28 heavy (non-hydrogen) atoms. The number of nitrogens with one attached hydrogen (secondary N) is 1. The van der Waals surface area contributed by atoms with Crippen LogP contribution < -0.4 is 15.1 Å². The molecule has 0 spiro atoms. The van der Waals surface area contributed by atoms with E-state index in [0.29, 0.717) is 6.54 Å². The van der Waals surface area contributed by atoms with Gasteiger partial charge in [-0.3, -0.25) is 4.57 Å². The second kappa shape index (κ2) is 7.03. The number of nitrogens with zero attached hydrogens (tertiary/aromatic N) is 6. The van der Waals surface area contributed by atoms with Crippen LogP contribution in [-0.4, -0.2) is 45.9 Å². The molecule has 9 heteroatoms. The van der Waals surface area contributed by atoms with Crippen molar-refractivity contribution >= 4 is 23.4 Å². The first-order valence-corrected chi connectivity index (χ1v) is 9.62. The first kappa shape index (κ1) is 17.4. The topological polar surface area (TPSA) is 62.1 Å². The van der Waals surface area contributed by atoms with Crippen molar-refractivity contribution in [3.63, 3.8) is 0 Å². The molecule has 3 aromatic rings. The van der Waals surface area contributed by atoms with E-state index in [1.165, 1.54) is 12.3 Å². The number of pyridine rings is 1. The van der Waals surface area contributed by atoms with Crippen LogP contribution in [-0.2, 0) is 13.1 Å². The summed E-state index contributed by atoms with van der Waals surface area (Å²) in [6.07, 6.45) is 1.26. The minimum atomic E-state index is -0.319. The van der Waals surface area contributed by atoms with Crippen LogP contribution in [0.3, 0.4) is 0 Å². The van der Waals surface area contributed by atoms with Crippen molar-refractivity contribution in [1.82, 2.24) is 25.1 Å². The van der Waals surface area contributed by atoms with Gasteiger partial charge >= 0.3 is 0 Å². The van der Waals surface area contributed by atoms with E-state index in [1.54, 1.807) is 6.07 Å². The van der Waals surface area contributed by atoms with Crippen LogP contribution in [0.25, 0.3) is 5.69 Å². The van der Waals surface area contributed by atoms with Crippen LogP contribution in [0.1, 0.15) is 11.4 Å². The van der Waals surface area contributed by atoms with Crippen molar-refractivity contribution in [2.24, 2.45) is 0 Å². The third-order valence-electron chi connectivity index (χ3n) is 5.19. The van der Waals surface area contributed by atoms with Crippen LogP contribution in [0.4, 0.5) is 16.2 Å². The second-order valence-electron chi connectivity index (χ2n) is 6.94. The molecule has 1 aromatic carbocycles. The Labute approximate surface area is 166 Å². The molecule has 1 fully saturated rings. The van der Waals surface area contributed by atoms with Gasteiger partial charge in [-0.15, -0.1) is 10.2 Å². The Balaban J connectivity index is 1.41. The summed E-state index contributed by atoms with van der Waals surface area (Å²) < 4.78 is 15.2. The molecule has 1 saturated heterocycles. The fourth-order valence-electron chi connectivity index (χ4n) is 3.79. The molecule has 2 aliphatic heterocycles. The molecule has 0 saturated carbocycles. The number of halogens is 2. The highest BCUT2D eigenvalue weighted by molar-refractivity contribution is 6.30. The quantitative estimate of drug-likeness (QED) is 0.714. The van der Waals surface area contributed by atoms with Crippen molar-refractivity contribution in [3.8, 4) is 5.69 Å². The van der Waals surface area contributed by atoms with Crippen molar-refractivity contribution in [2.45, 2.75) is 13.1 Å². The molecule has 1 N–H and O–H groups in total. The highest BCUT2D eigenvalue weighted by Gasteiger charge is 2.26. The maximum atomic E-state index is 13.1. The molecule has 0 aliphatic carbocycles. The Morgan fingerprint density at radius 2 is 1.79 bits per heavy atom. The van der Waals surface area contributed by atoms with Gasteiger partial charge in [0.05, 0.1) is 18.4 Å². The number of anilines is 2. The lowest BCUT2D eigenvalue weighted by molar-refractivity contribution is 0.611. The molecule has 0 bridgehead atoms. The molecule has 4 heterocycles. The predicted molar refractivity (Wildman–Crippen MR) is 106 cm³/mol. The highest BCUT2D eigenvalue weighted by Crippen LogP contribution is 2.28. The number of hydrogen-bond donors (Lipinski definition) is 1. The molecule has 5 rings (SSSR count). The summed E-state index contributed by atoms with van der Waals surface area (Å²) in [6, 6.07) is 9.08. The summed E-state index contributed by atoms with van der Waals surface area (Å²) in [5, 5.41) is 13.0. The molecule has 2 aromatic heterocycles. The Morgan fingerprint density at radius 1 is 0.964 bits per heavy atom. The summed E-state index contributed by atoms with van der Waals surface area (Å²) in [4.78, 5) is 8.58. The zero-order valence-electron chi connectivity index (χ0n) is 15.1. The van der Waals surface area contributed by atoms with Crippen LogP contribution in [0.15, 0.2) is 36.5 Å². The zero-order chi connectivity index (χ0) is 19.1. The van der Waals surface area contributed by atoms with E-state index in [1.807, 2.05) is 18.2 Å². The van der Waals surface area contributed by atoms with Crippen LogP contribution in [0.5, 0.6) is 0 Å². The first-order chi connectivity index (χ1) is 13.7.